The van der Waals surface area contributed by atoms with Crippen molar-refractivity contribution in [2.75, 3.05) is 12.8 Å². The lowest BCUT2D eigenvalue weighted by molar-refractivity contribution is -0.137. The normalized spacial score (nSPS) is 11.2. The number of hydrogen-bond donors (Lipinski definition) is 1. The number of alkyl halides is 3. The summed E-state index contributed by atoms with van der Waals surface area (Å²) in [6, 6.07) is 9.85. The van der Waals surface area contributed by atoms with Crippen LogP contribution in [0.3, 0.4) is 0 Å². The summed E-state index contributed by atoms with van der Waals surface area (Å²) in [6.07, 6.45) is -4.36. The molecule has 2 aromatic carbocycles. The van der Waals surface area contributed by atoms with Crippen LogP contribution >= 0.6 is 0 Å². The van der Waals surface area contributed by atoms with Crippen LogP contribution in [0.2, 0.25) is 0 Å². The molecule has 112 valence electrons. The van der Waals surface area contributed by atoms with Gasteiger partial charge in [-0.1, -0.05) is 12.1 Å². The average molecular weight is 297 g/mol. The summed E-state index contributed by atoms with van der Waals surface area (Å²) in [4.78, 5) is 0. The Morgan fingerprint density at radius 2 is 1.86 bits per heavy atom. The lowest BCUT2D eigenvalue weighted by atomic mass is 10.1. The number of halogens is 3. The van der Waals surface area contributed by atoms with Gasteiger partial charge in [-0.2, -0.15) is 13.2 Å². The van der Waals surface area contributed by atoms with Crippen molar-refractivity contribution in [2.45, 2.75) is 12.8 Å². The van der Waals surface area contributed by atoms with Crippen LogP contribution < -0.4 is 15.2 Å². The van der Waals surface area contributed by atoms with Gasteiger partial charge in [-0.3, -0.25) is 0 Å². The molecule has 0 radical (unpaired) electrons. The van der Waals surface area contributed by atoms with Gasteiger partial charge >= 0.3 is 6.18 Å². The molecule has 0 aliphatic carbocycles. The van der Waals surface area contributed by atoms with Gasteiger partial charge in [-0.15, -0.1) is 0 Å². The van der Waals surface area contributed by atoms with Crippen LogP contribution in [0.5, 0.6) is 11.5 Å². The van der Waals surface area contributed by atoms with Gasteiger partial charge in [-0.05, 0) is 29.8 Å². The summed E-state index contributed by atoms with van der Waals surface area (Å²) in [7, 11) is 1.49. The molecule has 2 rings (SSSR count). The molecule has 0 fully saturated rings. The highest BCUT2D eigenvalue weighted by molar-refractivity contribution is 5.56. The molecule has 0 saturated carbocycles. The third-order valence-corrected chi connectivity index (χ3v) is 2.86. The first-order valence-corrected chi connectivity index (χ1v) is 6.12. The van der Waals surface area contributed by atoms with E-state index in [9.17, 15) is 13.2 Å². The first kappa shape index (κ1) is 15.0. The third-order valence-electron chi connectivity index (χ3n) is 2.86. The van der Waals surface area contributed by atoms with Crippen molar-refractivity contribution in [1.29, 1.82) is 0 Å². The Hall–Kier alpha value is -2.37. The van der Waals surface area contributed by atoms with E-state index in [0.29, 0.717) is 22.7 Å². The van der Waals surface area contributed by atoms with E-state index in [0.717, 1.165) is 12.1 Å². The minimum Gasteiger partial charge on any atom is -0.495 e. The number of hydrogen-bond acceptors (Lipinski definition) is 3. The van der Waals surface area contributed by atoms with E-state index >= 15 is 0 Å². The molecule has 2 N–H and O–H groups in total. The molecular formula is C15H14F3NO2. The number of rotatable bonds is 4. The van der Waals surface area contributed by atoms with Crippen LogP contribution in [0.25, 0.3) is 0 Å². The Morgan fingerprint density at radius 1 is 1.10 bits per heavy atom. The largest absolute Gasteiger partial charge is 0.495 e. The number of ether oxygens (including phenoxy) is 2. The van der Waals surface area contributed by atoms with E-state index in [-0.39, 0.29) is 6.61 Å². The molecule has 0 atom stereocenters. The third kappa shape index (κ3) is 3.81. The maximum absolute atomic E-state index is 12.6. The summed E-state index contributed by atoms with van der Waals surface area (Å²) in [5, 5.41) is 0. The topological polar surface area (TPSA) is 44.5 Å². The maximum atomic E-state index is 12.6. The molecule has 0 amide bonds. The Kier molecular flexibility index (Phi) is 4.26. The summed E-state index contributed by atoms with van der Waals surface area (Å²) in [5.41, 5.74) is 5.86. The van der Waals surface area contributed by atoms with Crippen molar-refractivity contribution in [3.05, 3.63) is 53.6 Å². The van der Waals surface area contributed by atoms with Gasteiger partial charge in [0, 0.05) is 6.07 Å². The zero-order valence-electron chi connectivity index (χ0n) is 11.3. The highest BCUT2D eigenvalue weighted by atomic mass is 19.4. The van der Waals surface area contributed by atoms with Crippen molar-refractivity contribution in [1.82, 2.24) is 0 Å². The standard InChI is InChI=1S/C15H14F3NO2/c1-20-14-6-5-12(8-13(14)19)21-9-10-3-2-4-11(7-10)15(16,17)18/h2-8H,9,19H2,1H3. The molecule has 0 bridgehead atoms. The van der Waals surface area contributed by atoms with Crippen molar-refractivity contribution < 1.29 is 22.6 Å². The van der Waals surface area contributed by atoms with E-state index < -0.39 is 11.7 Å². The summed E-state index contributed by atoms with van der Waals surface area (Å²) < 4.78 is 48.2. The molecular weight excluding hydrogens is 283 g/mol. The van der Waals surface area contributed by atoms with Crippen LogP contribution in [-0.4, -0.2) is 7.11 Å². The zero-order chi connectivity index (χ0) is 15.5. The second kappa shape index (κ2) is 5.95. The Balaban J connectivity index is 2.08. The molecule has 6 heteroatoms. The Bertz CT molecular complexity index is 627. The molecule has 3 nitrogen and oxygen atoms in total. The van der Waals surface area contributed by atoms with Gasteiger partial charge in [-0.25, -0.2) is 0 Å². The Labute approximate surface area is 120 Å². The highest BCUT2D eigenvalue weighted by Crippen LogP contribution is 2.30. The van der Waals surface area contributed by atoms with E-state index in [1.807, 2.05) is 0 Å². The van der Waals surface area contributed by atoms with E-state index in [2.05, 4.69) is 0 Å². The van der Waals surface area contributed by atoms with E-state index in [1.54, 1.807) is 24.3 Å². The fourth-order valence-electron chi connectivity index (χ4n) is 1.81. The lowest BCUT2D eigenvalue weighted by Crippen LogP contribution is -2.06. The molecule has 0 spiro atoms. The summed E-state index contributed by atoms with van der Waals surface area (Å²) in [6.45, 7) is 0.0235. The molecule has 0 aromatic heterocycles. The van der Waals surface area contributed by atoms with Crippen molar-refractivity contribution >= 4 is 5.69 Å². The summed E-state index contributed by atoms with van der Waals surface area (Å²) in [5.74, 6) is 0.979. The number of nitrogens with two attached hydrogens (primary N) is 1. The quantitative estimate of drug-likeness (QED) is 0.871. The smallest absolute Gasteiger partial charge is 0.416 e. The van der Waals surface area contributed by atoms with Gasteiger partial charge in [0.15, 0.2) is 0 Å². The average Bonchev–Trinajstić information content (AvgIpc) is 2.45. The van der Waals surface area contributed by atoms with Crippen molar-refractivity contribution in [3.63, 3.8) is 0 Å². The fourth-order valence-corrected chi connectivity index (χ4v) is 1.81. The van der Waals surface area contributed by atoms with Crippen molar-refractivity contribution in [2.24, 2.45) is 0 Å². The monoisotopic (exact) mass is 297 g/mol. The fraction of sp³-hybridized carbons (Fsp3) is 0.200. The van der Waals surface area contributed by atoms with Crippen LogP contribution in [0.15, 0.2) is 42.5 Å². The van der Waals surface area contributed by atoms with Gasteiger partial charge in [0.2, 0.25) is 0 Å². The van der Waals surface area contributed by atoms with Gasteiger partial charge in [0.25, 0.3) is 0 Å². The molecule has 0 saturated heterocycles. The first-order valence-electron chi connectivity index (χ1n) is 6.12. The second-order valence-electron chi connectivity index (χ2n) is 4.39. The number of benzene rings is 2. The second-order valence-corrected chi connectivity index (χ2v) is 4.39. The van der Waals surface area contributed by atoms with Crippen LogP contribution in [-0.2, 0) is 12.8 Å². The van der Waals surface area contributed by atoms with Crippen molar-refractivity contribution in [3.8, 4) is 11.5 Å². The minimum atomic E-state index is -4.36. The van der Waals surface area contributed by atoms with Gasteiger partial charge in [0.1, 0.15) is 18.1 Å². The number of anilines is 1. The SMILES string of the molecule is COc1ccc(OCc2cccc(C(F)(F)F)c2)cc1N. The lowest BCUT2D eigenvalue weighted by Gasteiger charge is -2.11. The van der Waals surface area contributed by atoms with Gasteiger partial charge < -0.3 is 15.2 Å². The van der Waals surface area contributed by atoms with E-state index in [1.165, 1.54) is 13.2 Å². The molecule has 0 aliphatic rings. The maximum Gasteiger partial charge on any atom is 0.416 e. The molecule has 0 unspecified atom stereocenters. The van der Waals surface area contributed by atoms with Crippen LogP contribution in [0.4, 0.5) is 18.9 Å². The Morgan fingerprint density at radius 3 is 2.48 bits per heavy atom. The summed E-state index contributed by atoms with van der Waals surface area (Å²) >= 11 is 0. The first-order chi connectivity index (χ1) is 9.90. The predicted octanol–water partition coefficient (Wildman–Crippen LogP) is 3.88. The molecule has 0 aliphatic heterocycles. The van der Waals surface area contributed by atoms with Crippen LogP contribution in [0, 0.1) is 0 Å². The molecule has 0 heterocycles. The van der Waals surface area contributed by atoms with Crippen LogP contribution in [0.1, 0.15) is 11.1 Å². The molecule has 21 heavy (non-hydrogen) atoms. The minimum absolute atomic E-state index is 0.0235. The van der Waals surface area contributed by atoms with E-state index in [4.69, 9.17) is 15.2 Å². The number of nitrogen functional groups attached to an aromatic ring is 1. The van der Waals surface area contributed by atoms with Gasteiger partial charge in [0.05, 0.1) is 18.4 Å². The zero-order valence-corrected chi connectivity index (χ0v) is 11.3. The number of methoxy groups -OCH3 is 1. The highest BCUT2D eigenvalue weighted by Gasteiger charge is 2.30. The predicted molar refractivity (Wildman–Crippen MR) is 73.2 cm³/mol. The molecule has 2 aromatic rings.